The molecule has 1 heterocycles. The highest BCUT2D eigenvalue weighted by Gasteiger charge is 2.19. The van der Waals surface area contributed by atoms with Crippen LogP contribution in [0.1, 0.15) is 23.6 Å². The van der Waals surface area contributed by atoms with Crippen LogP contribution in [0.25, 0.3) is 11.0 Å². The van der Waals surface area contributed by atoms with Gasteiger partial charge < -0.3 is 19.4 Å². The van der Waals surface area contributed by atoms with Crippen LogP contribution >= 0.6 is 0 Å². The molecule has 0 unspecified atom stereocenters. The van der Waals surface area contributed by atoms with E-state index in [9.17, 15) is 9.59 Å². The Morgan fingerprint density at radius 1 is 1.00 bits per heavy atom. The van der Waals surface area contributed by atoms with Gasteiger partial charge in [-0.1, -0.05) is 54.1 Å². The number of carbonyl (C=O) groups excluding carboxylic acids is 1. The fraction of sp³-hybridized carbons (Fsp3) is 0.185. The first-order valence-electron chi connectivity index (χ1n) is 10.9. The Morgan fingerprint density at radius 2 is 1.76 bits per heavy atom. The van der Waals surface area contributed by atoms with E-state index in [1.54, 1.807) is 23.1 Å². The standard InChI is InChI=1S/C27H26N2O4/c1-3-32-25-12-8-7-11-23(25)28-27(31)29(16-20-9-5-4-6-10-20)17-21-18-33-24-14-13-19(2)15-22(24)26(21)30/h4-15,18H,3,16-17H2,1-2H3,(H,28,31). The van der Waals surface area contributed by atoms with Crippen LogP contribution in [0.15, 0.2) is 88.3 Å². The van der Waals surface area contributed by atoms with E-state index in [0.29, 0.717) is 41.1 Å². The molecule has 0 spiro atoms. The molecule has 1 aromatic heterocycles. The molecule has 0 bridgehead atoms. The van der Waals surface area contributed by atoms with Gasteiger partial charge in [-0.3, -0.25) is 4.79 Å². The van der Waals surface area contributed by atoms with Crippen LogP contribution in [0, 0.1) is 6.92 Å². The minimum absolute atomic E-state index is 0.101. The van der Waals surface area contributed by atoms with Crippen molar-refractivity contribution in [2.24, 2.45) is 0 Å². The van der Waals surface area contributed by atoms with Gasteiger partial charge in [-0.05, 0) is 43.7 Å². The van der Waals surface area contributed by atoms with Gasteiger partial charge in [0.25, 0.3) is 0 Å². The van der Waals surface area contributed by atoms with Gasteiger partial charge in [0.15, 0.2) is 5.43 Å². The number of amides is 2. The van der Waals surface area contributed by atoms with Gasteiger partial charge in [0.1, 0.15) is 11.3 Å². The third-order valence-electron chi connectivity index (χ3n) is 5.29. The topological polar surface area (TPSA) is 71.8 Å². The second-order valence-electron chi connectivity index (χ2n) is 7.79. The molecule has 168 valence electrons. The number of aryl methyl sites for hydroxylation is 1. The van der Waals surface area contributed by atoms with E-state index < -0.39 is 0 Å². The Bertz CT molecular complexity index is 1310. The molecule has 6 nitrogen and oxygen atoms in total. The highest BCUT2D eigenvalue weighted by Crippen LogP contribution is 2.24. The fourth-order valence-corrected chi connectivity index (χ4v) is 3.65. The number of rotatable bonds is 7. The van der Waals surface area contributed by atoms with Gasteiger partial charge in [-0.2, -0.15) is 0 Å². The first kappa shape index (κ1) is 22.1. The van der Waals surface area contributed by atoms with Gasteiger partial charge in [0.05, 0.1) is 36.1 Å². The summed E-state index contributed by atoms with van der Waals surface area (Å²) in [4.78, 5) is 28.1. The highest BCUT2D eigenvalue weighted by atomic mass is 16.5. The molecular formula is C27H26N2O4. The first-order chi connectivity index (χ1) is 16.0. The Balaban J connectivity index is 1.66. The lowest BCUT2D eigenvalue weighted by Gasteiger charge is -2.24. The molecule has 3 aromatic carbocycles. The van der Waals surface area contributed by atoms with Crippen molar-refractivity contribution in [2.75, 3.05) is 11.9 Å². The van der Waals surface area contributed by atoms with Gasteiger partial charge in [-0.15, -0.1) is 0 Å². The number of hydrogen-bond donors (Lipinski definition) is 1. The van der Waals surface area contributed by atoms with Gasteiger partial charge in [0.2, 0.25) is 0 Å². The quantitative estimate of drug-likeness (QED) is 0.396. The predicted molar refractivity (Wildman–Crippen MR) is 130 cm³/mol. The third kappa shape index (κ3) is 5.23. The number of hydrogen-bond acceptors (Lipinski definition) is 4. The second-order valence-corrected chi connectivity index (χ2v) is 7.79. The van der Waals surface area contributed by atoms with Crippen molar-refractivity contribution in [1.82, 2.24) is 4.90 Å². The lowest BCUT2D eigenvalue weighted by molar-refractivity contribution is 0.205. The van der Waals surface area contributed by atoms with Gasteiger partial charge in [-0.25, -0.2) is 4.79 Å². The molecule has 0 aliphatic rings. The van der Waals surface area contributed by atoms with Crippen LogP contribution in [-0.4, -0.2) is 17.5 Å². The highest BCUT2D eigenvalue weighted by molar-refractivity contribution is 5.91. The summed E-state index contributed by atoms with van der Waals surface area (Å²) in [5.41, 5.74) is 3.30. The molecule has 0 aliphatic carbocycles. The van der Waals surface area contributed by atoms with Crippen LogP contribution in [0.2, 0.25) is 0 Å². The Kier molecular flexibility index (Phi) is 6.74. The molecule has 4 aromatic rings. The molecule has 0 fully saturated rings. The number of benzene rings is 3. The summed E-state index contributed by atoms with van der Waals surface area (Å²) in [5, 5.41) is 3.44. The summed E-state index contributed by atoms with van der Waals surface area (Å²) in [6.07, 6.45) is 1.44. The monoisotopic (exact) mass is 442 g/mol. The molecule has 0 saturated heterocycles. The van der Waals surface area contributed by atoms with E-state index in [2.05, 4.69) is 5.32 Å². The molecule has 2 amide bonds. The molecule has 0 saturated carbocycles. The van der Waals surface area contributed by atoms with Gasteiger partial charge >= 0.3 is 6.03 Å². The number of carbonyl (C=O) groups is 1. The minimum atomic E-state index is -0.338. The minimum Gasteiger partial charge on any atom is -0.492 e. The molecule has 0 aliphatic heterocycles. The normalized spacial score (nSPS) is 10.7. The van der Waals surface area contributed by atoms with Crippen molar-refractivity contribution in [3.05, 3.63) is 106 Å². The number of fused-ring (bicyclic) bond motifs is 1. The Hall–Kier alpha value is -4.06. The number of anilines is 1. The zero-order valence-electron chi connectivity index (χ0n) is 18.7. The van der Waals surface area contributed by atoms with Crippen molar-refractivity contribution in [1.29, 1.82) is 0 Å². The van der Waals surface area contributed by atoms with E-state index >= 15 is 0 Å². The van der Waals surface area contributed by atoms with Crippen LogP contribution in [-0.2, 0) is 13.1 Å². The van der Waals surface area contributed by atoms with Crippen molar-refractivity contribution >= 4 is 22.7 Å². The van der Waals surface area contributed by atoms with Crippen LogP contribution < -0.4 is 15.5 Å². The van der Waals surface area contributed by atoms with Crippen molar-refractivity contribution in [2.45, 2.75) is 26.9 Å². The fourth-order valence-electron chi connectivity index (χ4n) is 3.65. The SMILES string of the molecule is CCOc1ccccc1NC(=O)N(Cc1ccccc1)Cc1coc2ccc(C)cc2c1=O. The average Bonchev–Trinajstić information content (AvgIpc) is 2.82. The summed E-state index contributed by atoms with van der Waals surface area (Å²) in [5.74, 6) is 0.591. The van der Waals surface area contributed by atoms with E-state index in [0.717, 1.165) is 11.1 Å². The maximum Gasteiger partial charge on any atom is 0.322 e. The van der Waals surface area contributed by atoms with Gasteiger partial charge in [0, 0.05) is 6.54 Å². The molecular weight excluding hydrogens is 416 g/mol. The molecule has 1 N–H and O–H groups in total. The van der Waals surface area contributed by atoms with Crippen LogP contribution in [0.4, 0.5) is 10.5 Å². The molecule has 4 rings (SSSR count). The molecule has 6 heteroatoms. The van der Waals surface area contributed by atoms with Crippen LogP contribution in [0.5, 0.6) is 5.75 Å². The third-order valence-corrected chi connectivity index (χ3v) is 5.29. The van der Waals surface area contributed by atoms with E-state index in [4.69, 9.17) is 9.15 Å². The Labute approximate surface area is 192 Å². The number of urea groups is 1. The maximum absolute atomic E-state index is 13.3. The molecule has 0 atom stereocenters. The first-order valence-corrected chi connectivity index (χ1v) is 10.9. The second kappa shape index (κ2) is 10.0. The maximum atomic E-state index is 13.3. The number of nitrogens with zero attached hydrogens (tertiary/aromatic N) is 1. The summed E-state index contributed by atoms with van der Waals surface area (Å²) in [7, 11) is 0. The zero-order chi connectivity index (χ0) is 23.2. The average molecular weight is 443 g/mol. The van der Waals surface area contributed by atoms with Crippen molar-refractivity contribution in [3.63, 3.8) is 0 Å². The molecule has 33 heavy (non-hydrogen) atoms. The number of para-hydroxylation sites is 2. The van der Waals surface area contributed by atoms with Crippen LogP contribution in [0.3, 0.4) is 0 Å². The predicted octanol–water partition coefficient (Wildman–Crippen LogP) is 5.73. The smallest absolute Gasteiger partial charge is 0.322 e. The molecule has 0 radical (unpaired) electrons. The Morgan fingerprint density at radius 3 is 2.55 bits per heavy atom. The summed E-state index contributed by atoms with van der Waals surface area (Å²) >= 11 is 0. The lowest BCUT2D eigenvalue weighted by atomic mass is 10.1. The van der Waals surface area contributed by atoms with Crippen molar-refractivity contribution in [3.8, 4) is 5.75 Å². The largest absolute Gasteiger partial charge is 0.492 e. The number of ether oxygens (including phenoxy) is 1. The van der Waals surface area contributed by atoms with E-state index in [1.807, 2.05) is 68.4 Å². The van der Waals surface area contributed by atoms with E-state index in [1.165, 1.54) is 6.26 Å². The van der Waals surface area contributed by atoms with E-state index in [-0.39, 0.29) is 18.0 Å². The van der Waals surface area contributed by atoms with Crippen molar-refractivity contribution < 1.29 is 13.9 Å². The lowest BCUT2D eigenvalue weighted by Crippen LogP contribution is -2.35. The number of nitrogens with one attached hydrogen (secondary N) is 1. The summed E-state index contributed by atoms with van der Waals surface area (Å²) in [6, 6.07) is 22.1. The summed E-state index contributed by atoms with van der Waals surface area (Å²) < 4.78 is 11.3. The summed E-state index contributed by atoms with van der Waals surface area (Å²) in [6.45, 7) is 4.73. The zero-order valence-corrected chi connectivity index (χ0v) is 18.7.